The van der Waals surface area contributed by atoms with Crippen LogP contribution in [0.2, 0.25) is 0 Å². The molecule has 0 aromatic carbocycles. The van der Waals surface area contributed by atoms with Crippen molar-refractivity contribution >= 4 is 23.2 Å². The van der Waals surface area contributed by atoms with Crippen LogP contribution >= 0.6 is 11.3 Å². The van der Waals surface area contributed by atoms with Gasteiger partial charge in [0.05, 0.1) is 18.7 Å². The van der Waals surface area contributed by atoms with Gasteiger partial charge in [0.15, 0.2) is 0 Å². The molecule has 0 spiro atoms. The smallest absolute Gasteiger partial charge is 0.317 e. The van der Waals surface area contributed by atoms with E-state index in [0.717, 1.165) is 17.1 Å². The first-order valence-electron chi connectivity index (χ1n) is 6.92. The predicted molar refractivity (Wildman–Crippen MR) is 82.3 cm³/mol. The van der Waals surface area contributed by atoms with Gasteiger partial charge >= 0.3 is 5.97 Å². The molecule has 0 saturated heterocycles. The minimum Gasteiger partial charge on any atom is -0.480 e. The van der Waals surface area contributed by atoms with Gasteiger partial charge in [0.2, 0.25) is 5.91 Å². The lowest BCUT2D eigenvalue weighted by atomic mass is 10.2. The van der Waals surface area contributed by atoms with Gasteiger partial charge in [-0.05, 0) is 13.3 Å². The summed E-state index contributed by atoms with van der Waals surface area (Å²) in [5, 5.41) is 11.6. The van der Waals surface area contributed by atoms with Crippen molar-refractivity contribution in [1.82, 2.24) is 14.8 Å². The number of amides is 1. The normalized spacial score (nSPS) is 12.4. The number of carbonyl (C=O) groups excluding carboxylic acids is 1. The van der Waals surface area contributed by atoms with E-state index in [9.17, 15) is 9.59 Å². The first-order valence-corrected chi connectivity index (χ1v) is 7.80. The highest BCUT2D eigenvalue weighted by molar-refractivity contribution is 7.09. The van der Waals surface area contributed by atoms with E-state index in [4.69, 9.17) is 5.11 Å². The number of carbonyl (C=O) groups is 2. The van der Waals surface area contributed by atoms with E-state index >= 15 is 0 Å². The topological polar surface area (TPSA) is 73.7 Å². The molecule has 1 aromatic heterocycles. The molecule has 1 aromatic rings. The molecule has 0 bridgehead atoms. The van der Waals surface area contributed by atoms with Crippen LogP contribution in [-0.2, 0) is 22.6 Å². The standard InChI is InChI=1S/C14H23N3O3S/c1-5-10(2)17(8-14(19)20)7-11-9-21-12(15-11)6-13(18)16(3)4/h9-10H,5-8H2,1-4H3,(H,19,20). The number of thiazole rings is 1. The Morgan fingerprint density at radius 1 is 1.43 bits per heavy atom. The summed E-state index contributed by atoms with van der Waals surface area (Å²) in [4.78, 5) is 30.4. The molecule has 0 fully saturated rings. The van der Waals surface area contributed by atoms with Gasteiger partial charge in [-0.1, -0.05) is 6.92 Å². The Bertz CT molecular complexity index is 488. The van der Waals surface area contributed by atoms with Crippen LogP contribution in [0, 0.1) is 0 Å². The highest BCUT2D eigenvalue weighted by Gasteiger charge is 2.18. The monoisotopic (exact) mass is 313 g/mol. The molecule has 7 heteroatoms. The molecule has 0 aliphatic heterocycles. The summed E-state index contributed by atoms with van der Waals surface area (Å²) in [5.74, 6) is -0.825. The molecule has 0 saturated carbocycles. The fourth-order valence-corrected chi connectivity index (χ4v) is 2.57. The summed E-state index contributed by atoms with van der Waals surface area (Å²) >= 11 is 1.44. The highest BCUT2D eigenvalue weighted by atomic mass is 32.1. The third kappa shape index (κ3) is 5.81. The van der Waals surface area contributed by atoms with E-state index in [-0.39, 0.29) is 18.5 Å². The Hall–Kier alpha value is -1.47. The van der Waals surface area contributed by atoms with Crippen molar-refractivity contribution in [2.45, 2.75) is 39.3 Å². The Labute approximate surface area is 129 Å². The van der Waals surface area contributed by atoms with E-state index in [1.165, 1.54) is 16.2 Å². The average Bonchev–Trinajstić information content (AvgIpc) is 2.83. The predicted octanol–water partition coefficient (Wildman–Crippen LogP) is 1.46. The fraction of sp³-hybridized carbons (Fsp3) is 0.643. The second-order valence-electron chi connectivity index (χ2n) is 5.25. The number of aliphatic carboxylic acids is 1. The molecule has 1 heterocycles. The van der Waals surface area contributed by atoms with Gasteiger partial charge in [-0.3, -0.25) is 14.5 Å². The Morgan fingerprint density at radius 3 is 2.62 bits per heavy atom. The maximum absolute atomic E-state index is 11.6. The van der Waals surface area contributed by atoms with Gasteiger partial charge in [0.25, 0.3) is 0 Å². The van der Waals surface area contributed by atoms with Gasteiger partial charge in [-0.15, -0.1) is 11.3 Å². The summed E-state index contributed by atoms with van der Waals surface area (Å²) < 4.78 is 0. The lowest BCUT2D eigenvalue weighted by Crippen LogP contribution is -2.36. The van der Waals surface area contributed by atoms with Crippen LogP contribution in [-0.4, -0.2) is 58.4 Å². The number of rotatable bonds is 8. The average molecular weight is 313 g/mol. The van der Waals surface area contributed by atoms with Crippen molar-refractivity contribution in [2.75, 3.05) is 20.6 Å². The molecule has 21 heavy (non-hydrogen) atoms. The molecule has 1 amide bonds. The van der Waals surface area contributed by atoms with Gasteiger partial charge in [-0.2, -0.15) is 0 Å². The quantitative estimate of drug-likeness (QED) is 0.786. The largest absolute Gasteiger partial charge is 0.480 e. The SMILES string of the molecule is CCC(C)N(CC(=O)O)Cc1csc(CC(=O)N(C)C)n1. The number of carboxylic acid groups (broad SMARTS) is 1. The molecule has 1 unspecified atom stereocenters. The lowest BCUT2D eigenvalue weighted by Gasteiger charge is -2.25. The van der Waals surface area contributed by atoms with Crippen LogP contribution in [0.3, 0.4) is 0 Å². The molecule has 0 aliphatic rings. The van der Waals surface area contributed by atoms with E-state index in [2.05, 4.69) is 4.98 Å². The zero-order chi connectivity index (χ0) is 16.0. The van der Waals surface area contributed by atoms with Crippen LogP contribution in [0.5, 0.6) is 0 Å². The molecule has 1 atom stereocenters. The summed E-state index contributed by atoms with van der Waals surface area (Å²) in [5.41, 5.74) is 0.822. The van der Waals surface area contributed by atoms with Crippen LogP contribution < -0.4 is 0 Å². The lowest BCUT2D eigenvalue weighted by molar-refractivity contribution is -0.139. The van der Waals surface area contributed by atoms with E-state index in [1.807, 2.05) is 24.1 Å². The Kier molecular flexibility index (Phi) is 6.77. The Balaban J connectivity index is 2.70. The molecule has 6 nitrogen and oxygen atoms in total. The first-order chi connectivity index (χ1) is 9.83. The van der Waals surface area contributed by atoms with E-state index in [1.54, 1.807) is 14.1 Å². The number of hydrogen-bond acceptors (Lipinski definition) is 5. The number of hydrogen-bond donors (Lipinski definition) is 1. The van der Waals surface area contributed by atoms with Crippen molar-refractivity contribution in [1.29, 1.82) is 0 Å². The van der Waals surface area contributed by atoms with Crippen molar-refractivity contribution in [3.8, 4) is 0 Å². The van der Waals surface area contributed by atoms with Crippen molar-refractivity contribution in [3.63, 3.8) is 0 Å². The van der Waals surface area contributed by atoms with Gasteiger partial charge in [-0.25, -0.2) is 4.98 Å². The number of nitrogens with zero attached hydrogens (tertiary/aromatic N) is 3. The minimum atomic E-state index is -0.839. The van der Waals surface area contributed by atoms with E-state index in [0.29, 0.717) is 13.0 Å². The summed E-state index contributed by atoms with van der Waals surface area (Å²) in [6.07, 6.45) is 1.17. The second-order valence-corrected chi connectivity index (χ2v) is 6.20. The highest BCUT2D eigenvalue weighted by Crippen LogP contribution is 2.15. The number of carboxylic acids is 1. The van der Waals surface area contributed by atoms with Crippen molar-refractivity contribution in [2.24, 2.45) is 0 Å². The van der Waals surface area contributed by atoms with Crippen molar-refractivity contribution < 1.29 is 14.7 Å². The number of likely N-dealkylation sites (N-methyl/N-ethyl adjacent to an activating group) is 1. The van der Waals surface area contributed by atoms with Crippen molar-refractivity contribution in [3.05, 3.63) is 16.1 Å². The Morgan fingerprint density at radius 2 is 2.10 bits per heavy atom. The first kappa shape index (κ1) is 17.6. The molecular formula is C14H23N3O3S. The molecule has 0 radical (unpaired) electrons. The summed E-state index contributed by atoms with van der Waals surface area (Å²) in [7, 11) is 3.43. The third-order valence-corrected chi connectivity index (χ3v) is 4.22. The van der Waals surface area contributed by atoms with Crippen LogP contribution in [0.25, 0.3) is 0 Å². The third-order valence-electron chi connectivity index (χ3n) is 3.32. The molecule has 1 rings (SSSR count). The zero-order valence-corrected chi connectivity index (χ0v) is 13.8. The zero-order valence-electron chi connectivity index (χ0n) is 13.0. The van der Waals surface area contributed by atoms with Gasteiger partial charge in [0.1, 0.15) is 5.01 Å². The molecule has 1 N–H and O–H groups in total. The second kappa shape index (κ2) is 8.09. The molecule has 118 valence electrons. The molecule has 0 aliphatic carbocycles. The maximum Gasteiger partial charge on any atom is 0.317 e. The molecular weight excluding hydrogens is 290 g/mol. The fourth-order valence-electron chi connectivity index (χ4n) is 1.80. The summed E-state index contributed by atoms with van der Waals surface area (Å²) in [6, 6.07) is 0.176. The van der Waals surface area contributed by atoms with Gasteiger partial charge < -0.3 is 10.0 Å². The maximum atomic E-state index is 11.6. The summed E-state index contributed by atoms with van der Waals surface area (Å²) in [6.45, 7) is 4.53. The number of aromatic nitrogens is 1. The van der Waals surface area contributed by atoms with Crippen LogP contribution in [0.4, 0.5) is 0 Å². The van der Waals surface area contributed by atoms with Crippen LogP contribution in [0.15, 0.2) is 5.38 Å². The minimum absolute atomic E-state index is 0.00149. The van der Waals surface area contributed by atoms with Crippen LogP contribution in [0.1, 0.15) is 31.0 Å². The van der Waals surface area contributed by atoms with Gasteiger partial charge in [0, 0.05) is 32.1 Å². The van der Waals surface area contributed by atoms with E-state index < -0.39 is 5.97 Å².